The summed E-state index contributed by atoms with van der Waals surface area (Å²) in [6.07, 6.45) is 2.47. The number of hydroxylamine groups is 2. The Balaban J connectivity index is 1.13. The molecule has 1 aromatic rings. The van der Waals surface area contributed by atoms with E-state index >= 15 is 0 Å². The molecule has 12 heteroatoms. The van der Waals surface area contributed by atoms with Crippen molar-refractivity contribution in [2.75, 3.05) is 51.1 Å². The smallest absolute Gasteiger partial charge is 0.335 e. The highest BCUT2D eigenvalue weighted by Gasteiger charge is 2.32. The van der Waals surface area contributed by atoms with Gasteiger partial charge in [-0.25, -0.2) is 9.69 Å². The summed E-state index contributed by atoms with van der Waals surface area (Å²) >= 11 is 0. The SMILES string of the molecule is O=C(CCOCCOCCOCCOc1ccc(N2C(=O)C=CC2=O)cc1)ON1C(=O)CCC1=O. The zero-order valence-corrected chi connectivity index (χ0v) is 19.0. The van der Waals surface area contributed by atoms with Gasteiger partial charge in [-0.2, -0.15) is 0 Å². The Morgan fingerprint density at radius 1 is 0.714 bits per heavy atom. The molecule has 4 amide bonds. The van der Waals surface area contributed by atoms with Gasteiger partial charge in [0.15, 0.2) is 0 Å². The first-order valence-electron chi connectivity index (χ1n) is 11.0. The second-order valence-electron chi connectivity index (χ2n) is 7.32. The normalized spacial score (nSPS) is 15.4. The summed E-state index contributed by atoms with van der Waals surface area (Å²) in [5.41, 5.74) is 0.477. The van der Waals surface area contributed by atoms with Crippen LogP contribution >= 0.6 is 0 Å². The van der Waals surface area contributed by atoms with E-state index in [9.17, 15) is 24.0 Å². The maximum Gasteiger partial charge on any atom is 0.335 e. The Morgan fingerprint density at radius 2 is 1.23 bits per heavy atom. The summed E-state index contributed by atoms with van der Waals surface area (Å²) in [4.78, 5) is 63.4. The molecule has 1 fully saturated rings. The minimum Gasteiger partial charge on any atom is -0.491 e. The number of hydrogen-bond acceptors (Lipinski definition) is 10. The highest BCUT2D eigenvalue weighted by Crippen LogP contribution is 2.22. The molecule has 0 bridgehead atoms. The van der Waals surface area contributed by atoms with Gasteiger partial charge in [0.1, 0.15) is 12.4 Å². The van der Waals surface area contributed by atoms with E-state index in [1.165, 1.54) is 12.2 Å². The predicted molar refractivity (Wildman–Crippen MR) is 118 cm³/mol. The number of anilines is 1. The van der Waals surface area contributed by atoms with Crippen LogP contribution in [0.5, 0.6) is 5.75 Å². The average Bonchev–Trinajstić information content (AvgIpc) is 3.35. The summed E-state index contributed by atoms with van der Waals surface area (Å²) in [5, 5.41) is 0.506. The Labute approximate surface area is 201 Å². The summed E-state index contributed by atoms with van der Waals surface area (Å²) < 4.78 is 21.6. The summed E-state index contributed by atoms with van der Waals surface area (Å²) in [5.74, 6) is -1.92. The van der Waals surface area contributed by atoms with Gasteiger partial charge in [0.25, 0.3) is 23.6 Å². The summed E-state index contributed by atoms with van der Waals surface area (Å²) in [7, 11) is 0. The lowest BCUT2D eigenvalue weighted by Crippen LogP contribution is -2.32. The molecule has 2 aliphatic rings. The van der Waals surface area contributed by atoms with Gasteiger partial charge < -0.3 is 23.8 Å². The van der Waals surface area contributed by atoms with E-state index in [1.54, 1.807) is 24.3 Å². The largest absolute Gasteiger partial charge is 0.491 e. The van der Waals surface area contributed by atoms with Crippen molar-refractivity contribution in [2.24, 2.45) is 0 Å². The minimum absolute atomic E-state index is 0.0514. The lowest BCUT2D eigenvalue weighted by atomic mass is 10.3. The zero-order valence-electron chi connectivity index (χ0n) is 19.0. The van der Waals surface area contributed by atoms with Crippen LogP contribution in [0, 0.1) is 0 Å². The molecule has 0 aromatic heterocycles. The molecule has 0 atom stereocenters. The quantitative estimate of drug-likeness (QED) is 0.253. The van der Waals surface area contributed by atoms with Gasteiger partial charge in [0.05, 0.1) is 51.7 Å². The summed E-state index contributed by atoms with van der Waals surface area (Å²) in [6, 6.07) is 6.60. The third kappa shape index (κ3) is 7.98. The number of benzene rings is 1. The first-order chi connectivity index (χ1) is 17.0. The third-order valence-corrected chi connectivity index (χ3v) is 4.79. The molecule has 0 spiro atoms. The van der Waals surface area contributed by atoms with Crippen LogP contribution in [0.15, 0.2) is 36.4 Å². The molecular formula is C23H26N2O10. The van der Waals surface area contributed by atoms with Gasteiger partial charge in [0, 0.05) is 25.0 Å². The average molecular weight is 490 g/mol. The van der Waals surface area contributed by atoms with E-state index in [0.717, 1.165) is 4.90 Å². The molecule has 0 radical (unpaired) electrons. The van der Waals surface area contributed by atoms with Crippen molar-refractivity contribution in [3.8, 4) is 5.75 Å². The molecule has 2 heterocycles. The van der Waals surface area contributed by atoms with Crippen molar-refractivity contribution in [3.63, 3.8) is 0 Å². The number of imide groups is 2. The van der Waals surface area contributed by atoms with E-state index in [0.29, 0.717) is 49.5 Å². The molecule has 0 saturated carbocycles. The van der Waals surface area contributed by atoms with Crippen molar-refractivity contribution in [1.29, 1.82) is 0 Å². The number of nitrogens with zero attached hydrogens (tertiary/aromatic N) is 2. The van der Waals surface area contributed by atoms with Crippen molar-refractivity contribution in [2.45, 2.75) is 19.3 Å². The monoisotopic (exact) mass is 490 g/mol. The second-order valence-corrected chi connectivity index (χ2v) is 7.32. The number of amides is 4. The van der Waals surface area contributed by atoms with Crippen molar-refractivity contribution in [1.82, 2.24) is 5.06 Å². The van der Waals surface area contributed by atoms with Gasteiger partial charge in [-0.05, 0) is 24.3 Å². The Morgan fingerprint density at radius 3 is 1.80 bits per heavy atom. The first-order valence-corrected chi connectivity index (χ1v) is 11.0. The first kappa shape index (κ1) is 26.0. The van der Waals surface area contributed by atoms with E-state index in [4.69, 9.17) is 23.8 Å². The van der Waals surface area contributed by atoms with Crippen LogP contribution in [0.25, 0.3) is 0 Å². The van der Waals surface area contributed by atoms with Crippen LogP contribution in [0.2, 0.25) is 0 Å². The van der Waals surface area contributed by atoms with Crippen LogP contribution in [0.1, 0.15) is 19.3 Å². The number of ether oxygens (including phenoxy) is 4. The van der Waals surface area contributed by atoms with Gasteiger partial charge >= 0.3 is 5.97 Å². The van der Waals surface area contributed by atoms with Crippen molar-refractivity contribution < 1.29 is 47.8 Å². The van der Waals surface area contributed by atoms with Crippen molar-refractivity contribution in [3.05, 3.63) is 36.4 Å². The second kappa shape index (κ2) is 13.3. The fourth-order valence-corrected chi connectivity index (χ4v) is 3.07. The third-order valence-electron chi connectivity index (χ3n) is 4.79. The number of hydrogen-bond donors (Lipinski definition) is 0. The van der Waals surface area contributed by atoms with E-state index in [2.05, 4.69) is 0 Å². The standard InChI is InChI=1S/C23H26N2O10/c26-19-5-6-20(27)24(19)17-1-3-18(4-2-17)34-16-15-33-14-13-32-12-11-31-10-9-23(30)35-25-21(28)7-8-22(25)29/h1-6H,7-16H2. The van der Waals surface area contributed by atoms with E-state index < -0.39 is 17.8 Å². The van der Waals surface area contributed by atoms with Crippen LogP contribution in [-0.2, 0) is 43.0 Å². The molecule has 35 heavy (non-hydrogen) atoms. The van der Waals surface area contributed by atoms with Gasteiger partial charge in [-0.15, -0.1) is 5.06 Å². The Kier molecular flexibility index (Phi) is 9.90. The molecule has 1 aromatic carbocycles. The molecule has 188 valence electrons. The van der Waals surface area contributed by atoms with Gasteiger partial charge in [-0.3, -0.25) is 19.2 Å². The van der Waals surface area contributed by atoms with Crippen LogP contribution < -0.4 is 9.64 Å². The Hall–Kier alpha value is -3.61. The number of carbonyl (C=O) groups excluding carboxylic acids is 5. The fraction of sp³-hybridized carbons (Fsp3) is 0.435. The Bertz CT molecular complexity index is 926. The minimum atomic E-state index is -0.713. The number of rotatable bonds is 15. The molecule has 0 unspecified atom stereocenters. The molecule has 12 nitrogen and oxygen atoms in total. The molecule has 2 aliphatic heterocycles. The molecule has 0 aliphatic carbocycles. The van der Waals surface area contributed by atoms with Crippen LogP contribution in [0.3, 0.4) is 0 Å². The zero-order chi connectivity index (χ0) is 25.0. The topological polar surface area (TPSA) is 138 Å². The molecule has 0 N–H and O–H groups in total. The van der Waals surface area contributed by atoms with Gasteiger partial charge in [0.2, 0.25) is 0 Å². The molecular weight excluding hydrogens is 464 g/mol. The summed E-state index contributed by atoms with van der Waals surface area (Å²) in [6.45, 7) is 2.02. The van der Waals surface area contributed by atoms with E-state index in [1.807, 2.05) is 0 Å². The maximum absolute atomic E-state index is 11.7. The van der Waals surface area contributed by atoms with Gasteiger partial charge in [-0.1, -0.05) is 0 Å². The lowest BCUT2D eigenvalue weighted by Gasteiger charge is -2.14. The predicted octanol–water partition coefficient (Wildman–Crippen LogP) is 0.542. The maximum atomic E-state index is 11.7. The highest BCUT2D eigenvalue weighted by molar-refractivity contribution is 6.28. The highest BCUT2D eigenvalue weighted by atomic mass is 16.7. The molecule has 3 rings (SSSR count). The van der Waals surface area contributed by atoms with E-state index in [-0.39, 0.29) is 44.3 Å². The van der Waals surface area contributed by atoms with Crippen molar-refractivity contribution >= 4 is 35.3 Å². The fourth-order valence-electron chi connectivity index (χ4n) is 3.07. The van der Waals surface area contributed by atoms with Crippen LogP contribution in [0.4, 0.5) is 5.69 Å². The lowest BCUT2D eigenvalue weighted by molar-refractivity contribution is -0.198. The number of carbonyl (C=O) groups is 5. The van der Waals surface area contributed by atoms with Crippen LogP contribution in [-0.4, -0.2) is 80.9 Å². The molecule has 1 saturated heterocycles.